The summed E-state index contributed by atoms with van der Waals surface area (Å²) in [7, 11) is -2.36. The molecule has 1 aromatic heterocycles. The van der Waals surface area contributed by atoms with Gasteiger partial charge in [0.05, 0.1) is 17.7 Å². The summed E-state index contributed by atoms with van der Waals surface area (Å²) in [5.41, 5.74) is 2.85. The summed E-state index contributed by atoms with van der Waals surface area (Å²) < 4.78 is 28.2. The molecule has 0 aliphatic heterocycles. The van der Waals surface area contributed by atoms with Gasteiger partial charge in [-0.2, -0.15) is 5.26 Å². The minimum atomic E-state index is -3.80. The molecule has 27 heavy (non-hydrogen) atoms. The quantitative estimate of drug-likeness (QED) is 0.721. The molecule has 0 spiro atoms. The zero-order valence-electron chi connectivity index (χ0n) is 14.2. The number of primary sulfonamides is 1. The van der Waals surface area contributed by atoms with E-state index in [-0.39, 0.29) is 16.3 Å². The van der Waals surface area contributed by atoms with E-state index in [1.54, 1.807) is 36.4 Å². The predicted octanol–water partition coefficient (Wildman–Crippen LogP) is 3.60. The number of rotatable bonds is 4. The van der Waals surface area contributed by atoms with Crippen LogP contribution < -0.4 is 9.88 Å². The number of nitrogens with zero attached hydrogens (tertiary/aromatic N) is 2. The number of nitriles is 1. The number of hydrogen-bond acceptors (Lipinski definition) is 5. The molecule has 136 valence electrons. The molecule has 1 heterocycles. The summed E-state index contributed by atoms with van der Waals surface area (Å²) in [5, 5.41) is 15.1. The second-order valence-electron chi connectivity index (χ2n) is 5.63. The molecule has 0 unspecified atom stereocenters. The van der Waals surface area contributed by atoms with Gasteiger partial charge in [-0.15, -0.1) is 0 Å². The molecule has 0 aliphatic rings. The predicted molar refractivity (Wildman–Crippen MR) is 103 cm³/mol. The van der Waals surface area contributed by atoms with Crippen molar-refractivity contribution >= 4 is 21.6 Å². The zero-order chi connectivity index (χ0) is 19.6. The molecule has 3 rings (SSSR count). The minimum Gasteiger partial charge on any atom is -0.480 e. The summed E-state index contributed by atoms with van der Waals surface area (Å²) in [6.07, 6.45) is 0. The van der Waals surface area contributed by atoms with E-state index in [1.807, 2.05) is 6.07 Å². The maximum absolute atomic E-state index is 11.5. The molecular weight excluding hydrogens is 386 g/mol. The Labute approximate surface area is 161 Å². The van der Waals surface area contributed by atoms with E-state index in [0.29, 0.717) is 21.8 Å². The van der Waals surface area contributed by atoms with E-state index in [0.717, 1.165) is 5.56 Å². The van der Waals surface area contributed by atoms with Gasteiger partial charge in [0.1, 0.15) is 11.6 Å². The van der Waals surface area contributed by atoms with Gasteiger partial charge < -0.3 is 4.74 Å². The smallest absolute Gasteiger partial charge is 0.238 e. The molecule has 0 atom stereocenters. The van der Waals surface area contributed by atoms with Crippen molar-refractivity contribution in [1.29, 1.82) is 5.26 Å². The van der Waals surface area contributed by atoms with Crippen LogP contribution in [0.5, 0.6) is 5.88 Å². The maximum atomic E-state index is 11.5. The molecule has 0 fully saturated rings. The van der Waals surface area contributed by atoms with Gasteiger partial charge in [0.2, 0.25) is 15.9 Å². The van der Waals surface area contributed by atoms with Crippen LogP contribution in [0, 0.1) is 11.3 Å². The third kappa shape index (κ3) is 3.93. The molecule has 0 radical (unpaired) electrons. The van der Waals surface area contributed by atoms with Crippen LogP contribution in [-0.4, -0.2) is 20.5 Å². The number of methoxy groups -OCH3 is 1. The van der Waals surface area contributed by atoms with E-state index in [2.05, 4.69) is 11.1 Å². The average Bonchev–Trinajstić information content (AvgIpc) is 2.66. The van der Waals surface area contributed by atoms with Gasteiger partial charge in [-0.05, 0) is 35.9 Å². The van der Waals surface area contributed by atoms with Gasteiger partial charge in [-0.1, -0.05) is 35.9 Å². The second kappa shape index (κ2) is 7.37. The molecule has 0 amide bonds. The number of aromatic nitrogens is 1. The van der Waals surface area contributed by atoms with Crippen molar-refractivity contribution < 1.29 is 13.2 Å². The van der Waals surface area contributed by atoms with Crippen LogP contribution in [0.25, 0.3) is 22.4 Å². The highest BCUT2D eigenvalue weighted by molar-refractivity contribution is 7.89. The van der Waals surface area contributed by atoms with Crippen molar-refractivity contribution in [2.75, 3.05) is 7.11 Å². The molecule has 6 nitrogen and oxygen atoms in total. The Morgan fingerprint density at radius 2 is 1.81 bits per heavy atom. The number of sulfonamides is 1. The number of hydrogen-bond donors (Lipinski definition) is 1. The summed E-state index contributed by atoms with van der Waals surface area (Å²) in [6, 6.07) is 16.8. The normalized spacial score (nSPS) is 11.0. The number of benzene rings is 2. The Hall–Kier alpha value is -2.92. The van der Waals surface area contributed by atoms with Crippen LogP contribution in [0.3, 0.4) is 0 Å². The van der Waals surface area contributed by atoms with E-state index < -0.39 is 10.0 Å². The molecule has 3 aromatic rings. The van der Waals surface area contributed by atoms with E-state index in [4.69, 9.17) is 21.5 Å². The lowest BCUT2D eigenvalue weighted by Crippen LogP contribution is -2.11. The van der Waals surface area contributed by atoms with Crippen molar-refractivity contribution in [2.45, 2.75) is 4.90 Å². The Morgan fingerprint density at radius 1 is 1.11 bits per heavy atom. The van der Waals surface area contributed by atoms with E-state index in [1.165, 1.54) is 19.2 Å². The highest BCUT2D eigenvalue weighted by atomic mass is 35.5. The fourth-order valence-electron chi connectivity index (χ4n) is 2.63. The van der Waals surface area contributed by atoms with Gasteiger partial charge in [-0.25, -0.2) is 18.5 Å². The Bertz CT molecular complexity index is 1150. The van der Waals surface area contributed by atoms with Gasteiger partial charge in [0.25, 0.3) is 0 Å². The molecule has 0 saturated carbocycles. The first-order chi connectivity index (χ1) is 12.8. The highest BCUT2D eigenvalue weighted by Crippen LogP contribution is 2.35. The highest BCUT2D eigenvalue weighted by Gasteiger charge is 2.16. The molecule has 0 saturated heterocycles. The van der Waals surface area contributed by atoms with Gasteiger partial charge in [0, 0.05) is 16.1 Å². The fraction of sp³-hybridized carbons (Fsp3) is 0.0526. The van der Waals surface area contributed by atoms with Crippen molar-refractivity contribution in [3.8, 4) is 34.3 Å². The molecule has 2 N–H and O–H groups in total. The third-order valence-corrected chi connectivity index (χ3v) is 5.06. The van der Waals surface area contributed by atoms with Crippen LogP contribution in [0.1, 0.15) is 5.56 Å². The zero-order valence-corrected chi connectivity index (χ0v) is 15.8. The minimum absolute atomic E-state index is 0.00228. The number of halogens is 1. The van der Waals surface area contributed by atoms with E-state index >= 15 is 0 Å². The fourth-order valence-corrected chi connectivity index (χ4v) is 3.34. The maximum Gasteiger partial charge on any atom is 0.238 e. The van der Waals surface area contributed by atoms with Crippen LogP contribution in [0.2, 0.25) is 5.02 Å². The summed E-state index contributed by atoms with van der Waals surface area (Å²) in [6.45, 7) is 0. The van der Waals surface area contributed by atoms with Gasteiger partial charge in [-0.3, -0.25) is 0 Å². The lowest BCUT2D eigenvalue weighted by Gasteiger charge is -2.13. The van der Waals surface area contributed by atoms with Crippen molar-refractivity contribution in [2.24, 2.45) is 5.14 Å². The Morgan fingerprint density at radius 3 is 2.37 bits per heavy atom. The monoisotopic (exact) mass is 399 g/mol. The van der Waals surface area contributed by atoms with Crippen molar-refractivity contribution in [3.63, 3.8) is 0 Å². The van der Waals surface area contributed by atoms with Crippen LogP contribution in [0.4, 0.5) is 0 Å². The van der Waals surface area contributed by atoms with E-state index in [9.17, 15) is 13.7 Å². The number of nitrogens with two attached hydrogens (primary N) is 1. The topological polar surface area (TPSA) is 106 Å². The van der Waals surface area contributed by atoms with Crippen LogP contribution >= 0.6 is 11.6 Å². The molecular formula is C19H14ClN3O3S. The van der Waals surface area contributed by atoms with Crippen molar-refractivity contribution in [3.05, 3.63) is 65.2 Å². The standard InChI is InChI=1S/C19H14ClN3O3S/c1-26-19-14(11-21)10-17(12-5-7-16(8-6-12)27(22,24)25)18(23-19)13-3-2-4-15(20)9-13/h2-10H,1H3,(H2,22,24,25). The Balaban J connectivity index is 2.26. The Kier molecular flexibility index (Phi) is 5.15. The molecule has 0 aliphatic carbocycles. The summed E-state index contributed by atoms with van der Waals surface area (Å²) in [5.74, 6) is 0.192. The number of ether oxygens (including phenoxy) is 1. The molecule has 8 heteroatoms. The van der Waals surface area contributed by atoms with Crippen LogP contribution in [-0.2, 0) is 10.0 Å². The first-order valence-electron chi connectivity index (χ1n) is 7.72. The molecule has 2 aromatic carbocycles. The lowest BCUT2D eigenvalue weighted by atomic mass is 9.98. The largest absolute Gasteiger partial charge is 0.480 e. The SMILES string of the molecule is COc1nc(-c2cccc(Cl)c2)c(-c2ccc(S(N)(=O)=O)cc2)cc1C#N. The van der Waals surface area contributed by atoms with Gasteiger partial charge >= 0.3 is 0 Å². The average molecular weight is 400 g/mol. The first-order valence-corrected chi connectivity index (χ1v) is 9.64. The second-order valence-corrected chi connectivity index (χ2v) is 7.63. The summed E-state index contributed by atoms with van der Waals surface area (Å²) in [4.78, 5) is 4.47. The van der Waals surface area contributed by atoms with Crippen LogP contribution in [0.15, 0.2) is 59.5 Å². The number of pyridine rings is 1. The van der Waals surface area contributed by atoms with Crippen molar-refractivity contribution in [1.82, 2.24) is 4.98 Å². The molecule has 0 bridgehead atoms. The summed E-state index contributed by atoms with van der Waals surface area (Å²) >= 11 is 6.10. The lowest BCUT2D eigenvalue weighted by molar-refractivity contribution is 0.397. The first kappa shape index (κ1) is 18.9. The van der Waals surface area contributed by atoms with Gasteiger partial charge in [0.15, 0.2) is 0 Å². The third-order valence-electron chi connectivity index (χ3n) is 3.89.